The van der Waals surface area contributed by atoms with Gasteiger partial charge in [0.25, 0.3) is 5.56 Å². The van der Waals surface area contributed by atoms with Crippen LogP contribution in [0.5, 0.6) is 0 Å². The second-order valence-corrected chi connectivity index (χ2v) is 5.36. The molecule has 0 spiro atoms. The van der Waals surface area contributed by atoms with E-state index in [-0.39, 0.29) is 5.56 Å². The van der Waals surface area contributed by atoms with Gasteiger partial charge in [0, 0.05) is 0 Å². The molecule has 3 rings (SSSR count). The van der Waals surface area contributed by atoms with Crippen LogP contribution in [0.4, 0.5) is 0 Å². The number of aromatic nitrogens is 2. The maximum atomic E-state index is 12.3. The Labute approximate surface area is 125 Å². The van der Waals surface area contributed by atoms with E-state index in [1.807, 2.05) is 54.6 Å². The number of hydrogen-bond acceptors (Lipinski definition) is 4. The SMILES string of the molecule is N#CSC(c1ccccc1)c1nc2ccccc2[nH]c1=O. The lowest BCUT2D eigenvalue weighted by molar-refractivity contribution is 1.01. The van der Waals surface area contributed by atoms with Gasteiger partial charge in [-0.15, -0.1) is 0 Å². The van der Waals surface area contributed by atoms with E-state index in [0.717, 1.165) is 17.3 Å². The highest BCUT2D eigenvalue weighted by molar-refractivity contribution is 8.04. The van der Waals surface area contributed by atoms with Crippen molar-refractivity contribution in [3.05, 3.63) is 76.2 Å². The van der Waals surface area contributed by atoms with Crippen LogP contribution in [0.1, 0.15) is 16.5 Å². The topological polar surface area (TPSA) is 69.5 Å². The molecule has 102 valence electrons. The van der Waals surface area contributed by atoms with E-state index < -0.39 is 5.25 Å². The Hall–Kier alpha value is -2.58. The number of hydrogen-bond donors (Lipinski definition) is 1. The lowest BCUT2D eigenvalue weighted by atomic mass is 10.1. The Balaban J connectivity index is 2.18. The fourth-order valence-corrected chi connectivity index (χ4v) is 2.85. The molecule has 1 N–H and O–H groups in total. The lowest BCUT2D eigenvalue weighted by Crippen LogP contribution is -2.18. The van der Waals surface area contributed by atoms with E-state index in [1.165, 1.54) is 0 Å². The van der Waals surface area contributed by atoms with Crippen LogP contribution in [0.15, 0.2) is 59.4 Å². The molecule has 0 radical (unpaired) electrons. The van der Waals surface area contributed by atoms with Crippen molar-refractivity contribution in [3.63, 3.8) is 0 Å². The van der Waals surface area contributed by atoms with Crippen molar-refractivity contribution in [2.24, 2.45) is 0 Å². The number of thiocyanates is 1. The Bertz CT molecular complexity index is 868. The molecule has 0 fully saturated rings. The average Bonchev–Trinajstić information content (AvgIpc) is 2.53. The van der Waals surface area contributed by atoms with Crippen molar-refractivity contribution in [3.8, 4) is 5.40 Å². The number of nitriles is 1. The Morgan fingerprint density at radius 2 is 1.81 bits per heavy atom. The normalized spacial score (nSPS) is 12.0. The Morgan fingerprint density at radius 1 is 1.10 bits per heavy atom. The second-order valence-electron chi connectivity index (χ2n) is 4.47. The van der Waals surface area contributed by atoms with Gasteiger partial charge in [0.2, 0.25) is 0 Å². The molecule has 0 amide bonds. The number of H-pyrrole nitrogens is 1. The van der Waals surface area contributed by atoms with Crippen LogP contribution in [0.2, 0.25) is 0 Å². The zero-order chi connectivity index (χ0) is 14.7. The van der Waals surface area contributed by atoms with E-state index in [9.17, 15) is 4.79 Å². The highest BCUT2D eigenvalue weighted by Gasteiger charge is 2.20. The third kappa shape index (κ3) is 2.67. The van der Waals surface area contributed by atoms with Gasteiger partial charge < -0.3 is 4.98 Å². The van der Waals surface area contributed by atoms with E-state index in [0.29, 0.717) is 16.7 Å². The summed E-state index contributed by atoms with van der Waals surface area (Å²) in [5, 5.41) is 10.7. The first-order valence-electron chi connectivity index (χ1n) is 6.38. The number of nitrogens with one attached hydrogen (secondary N) is 1. The average molecular weight is 293 g/mol. The summed E-state index contributed by atoms with van der Waals surface area (Å²) in [5.74, 6) is 0. The summed E-state index contributed by atoms with van der Waals surface area (Å²) in [6, 6.07) is 16.8. The molecule has 3 aromatic rings. The molecule has 1 atom stereocenters. The predicted molar refractivity (Wildman–Crippen MR) is 83.9 cm³/mol. The van der Waals surface area contributed by atoms with Crippen molar-refractivity contribution in [1.82, 2.24) is 9.97 Å². The number of thioether (sulfide) groups is 1. The first kappa shape index (κ1) is 13.4. The molecule has 5 heteroatoms. The second kappa shape index (κ2) is 5.81. The van der Waals surface area contributed by atoms with Crippen molar-refractivity contribution < 1.29 is 0 Å². The molecule has 0 bridgehead atoms. The van der Waals surface area contributed by atoms with Gasteiger partial charge in [-0.05, 0) is 29.5 Å². The van der Waals surface area contributed by atoms with E-state index in [2.05, 4.69) is 15.4 Å². The molecule has 4 nitrogen and oxygen atoms in total. The molecule has 1 aromatic heterocycles. The summed E-state index contributed by atoms with van der Waals surface area (Å²) in [5.41, 5.74) is 2.39. The van der Waals surface area contributed by atoms with Crippen molar-refractivity contribution in [1.29, 1.82) is 5.26 Å². The zero-order valence-electron chi connectivity index (χ0n) is 11.0. The highest BCUT2D eigenvalue weighted by Crippen LogP contribution is 2.32. The smallest absolute Gasteiger partial charge is 0.271 e. The number of para-hydroxylation sites is 2. The van der Waals surface area contributed by atoms with Crippen LogP contribution in [0.25, 0.3) is 11.0 Å². The Kier molecular flexibility index (Phi) is 3.71. The molecule has 1 heterocycles. The van der Waals surface area contributed by atoms with Gasteiger partial charge >= 0.3 is 0 Å². The molecular formula is C16H11N3OS. The van der Waals surface area contributed by atoms with Crippen LogP contribution in [-0.2, 0) is 0 Å². The minimum atomic E-state index is -0.399. The fraction of sp³-hybridized carbons (Fsp3) is 0.0625. The van der Waals surface area contributed by atoms with Crippen LogP contribution >= 0.6 is 11.8 Å². The summed E-state index contributed by atoms with van der Waals surface area (Å²) in [6.45, 7) is 0. The van der Waals surface area contributed by atoms with Crippen LogP contribution in [0.3, 0.4) is 0 Å². The van der Waals surface area contributed by atoms with Crippen molar-refractivity contribution in [2.45, 2.75) is 5.25 Å². The van der Waals surface area contributed by atoms with Gasteiger partial charge in [0.05, 0.1) is 16.3 Å². The highest BCUT2D eigenvalue weighted by atomic mass is 32.2. The first-order valence-corrected chi connectivity index (χ1v) is 7.26. The third-order valence-electron chi connectivity index (χ3n) is 3.15. The number of benzene rings is 2. The number of aromatic amines is 1. The van der Waals surface area contributed by atoms with Gasteiger partial charge in [0.15, 0.2) is 0 Å². The molecule has 0 aliphatic heterocycles. The van der Waals surface area contributed by atoms with Crippen LogP contribution < -0.4 is 5.56 Å². The monoisotopic (exact) mass is 293 g/mol. The lowest BCUT2D eigenvalue weighted by Gasteiger charge is -2.12. The summed E-state index contributed by atoms with van der Waals surface area (Å²) in [7, 11) is 0. The maximum Gasteiger partial charge on any atom is 0.271 e. The zero-order valence-corrected chi connectivity index (χ0v) is 11.8. The van der Waals surface area contributed by atoms with Gasteiger partial charge in [-0.1, -0.05) is 42.5 Å². The minimum Gasteiger partial charge on any atom is -0.319 e. The van der Waals surface area contributed by atoms with Crippen molar-refractivity contribution >= 4 is 22.8 Å². The van der Waals surface area contributed by atoms with Gasteiger partial charge in [-0.2, -0.15) is 5.26 Å². The molecular weight excluding hydrogens is 282 g/mol. The van der Waals surface area contributed by atoms with Crippen LogP contribution in [0, 0.1) is 10.7 Å². The maximum absolute atomic E-state index is 12.3. The molecule has 0 saturated heterocycles. The summed E-state index contributed by atoms with van der Waals surface area (Å²) >= 11 is 1.03. The number of nitrogens with zero attached hydrogens (tertiary/aromatic N) is 2. The molecule has 0 saturated carbocycles. The summed E-state index contributed by atoms with van der Waals surface area (Å²) in [4.78, 5) is 19.6. The molecule has 2 aromatic carbocycles. The quantitative estimate of drug-likeness (QED) is 0.753. The molecule has 0 aliphatic carbocycles. The van der Waals surface area contributed by atoms with Gasteiger partial charge in [0.1, 0.15) is 11.1 Å². The van der Waals surface area contributed by atoms with E-state index in [4.69, 9.17) is 5.26 Å². The summed E-state index contributed by atoms with van der Waals surface area (Å²) < 4.78 is 0. The molecule has 1 unspecified atom stereocenters. The minimum absolute atomic E-state index is 0.259. The van der Waals surface area contributed by atoms with Gasteiger partial charge in [-0.25, -0.2) is 4.98 Å². The van der Waals surface area contributed by atoms with Gasteiger partial charge in [-0.3, -0.25) is 4.79 Å². The molecule has 21 heavy (non-hydrogen) atoms. The third-order valence-corrected chi connectivity index (χ3v) is 3.98. The predicted octanol–water partition coefficient (Wildman–Crippen LogP) is 3.23. The summed E-state index contributed by atoms with van der Waals surface area (Å²) in [6.07, 6.45) is 0. The van der Waals surface area contributed by atoms with Crippen molar-refractivity contribution in [2.75, 3.05) is 0 Å². The van der Waals surface area contributed by atoms with E-state index in [1.54, 1.807) is 0 Å². The standard InChI is InChI=1S/C16H11N3OS/c17-10-21-15(11-6-2-1-3-7-11)14-16(20)19-13-9-5-4-8-12(13)18-14/h1-9,15H,(H,19,20). The van der Waals surface area contributed by atoms with Crippen LogP contribution in [-0.4, -0.2) is 9.97 Å². The largest absolute Gasteiger partial charge is 0.319 e. The first-order chi connectivity index (χ1) is 10.3. The number of fused-ring (bicyclic) bond motifs is 1. The Morgan fingerprint density at radius 3 is 2.57 bits per heavy atom. The van der Waals surface area contributed by atoms with E-state index >= 15 is 0 Å². The fourth-order valence-electron chi connectivity index (χ4n) is 2.18. The molecule has 0 aliphatic rings. The number of rotatable bonds is 3.